The molecule has 0 saturated heterocycles. The molecule has 0 atom stereocenters. The van der Waals surface area contributed by atoms with E-state index < -0.39 is 0 Å². The van der Waals surface area contributed by atoms with Gasteiger partial charge in [0.15, 0.2) is 0 Å². The van der Waals surface area contributed by atoms with Crippen LogP contribution in [-0.4, -0.2) is 24.8 Å². The molecule has 0 aliphatic rings. The van der Waals surface area contributed by atoms with Crippen LogP contribution in [-0.2, 0) is 0 Å². The van der Waals surface area contributed by atoms with Crippen molar-refractivity contribution in [2.24, 2.45) is 0 Å². The highest BCUT2D eigenvalue weighted by molar-refractivity contribution is 4.52. The number of unbranched alkanes of at least 4 members (excludes halogenated alkanes) is 19. The Bertz CT molecular complexity index is 220. The summed E-state index contributed by atoms with van der Waals surface area (Å²) in [5, 5.41) is 12.2. The van der Waals surface area contributed by atoms with Crippen molar-refractivity contribution in [2.75, 3.05) is 19.7 Å². The zero-order valence-electron chi connectivity index (χ0n) is 18.9. The Hall–Kier alpha value is -0.0800. The van der Waals surface area contributed by atoms with Crippen molar-refractivity contribution < 1.29 is 5.11 Å². The summed E-state index contributed by atoms with van der Waals surface area (Å²) in [7, 11) is 0. The molecule has 0 rings (SSSR count). The summed E-state index contributed by atoms with van der Waals surface area (Å²) in [4.78, 5) is 0. The molecule has 0 aliphatic carbocycles. The van der Waals surface area contributed by atoms with Crippen LogP contribution in [0.15, 0.2) is 0 Å². The summed E-state index contributed by atoms with van der Waals surface area (Å²) in [6.07, 6.45) is 29.3. The largest absolute Gasteiger partial charge is 0.396 e. The molecule has 0 saturated carbocycles. The number of nitrogens with one attached hydrogen (secondary N) is 1. The van der Waals surface area contributed by atoms with Crippen molar-refractivity contribution in [1.82, 2.24) is 5.32 Å². The van der Waals surface area contributed by atoms with Crippen LogP contribution in [0, 0.1) is 0 Å². The lowest BCUT2D eigenvalue weighted by molar-refractivity contribution is 0.283. The summed E-state index contributed by atoms with van der Waals surface area (Å²) < 4.78 is 0. The molecular weight excluding hydrogens is 330 g/mol. The maximum atomic E-state index is 8.72. The molecule has 0 aliphatic heterocycles. The minimum atomic E-state index is 0.346. The third-order valence-corrected chi connectivity index (χ3v) is 5.72. The second-order valence-electron chi connectivity index (χ2n) is 8.54. The van der Waals surface area contributed by atoms with Crippen LogP contribution < -0.4 is 5.32 Å². The molecule has 0 unspecified atom stereocenters. The van der Waals surface area contributed by atoms with E-state index in [4.69, 9.17) is 5.11 Å². The van der Waals surface area contributed by atoms with E-state index in [9.17, 15) is 0 Å². The molecule has 27 heavy (non-hydrogen) atoms. The van der Waals surface area contributed by atoms with E-state index in [1.54, 1.807) is 0 Å². The van der Waals surface area contributed by atoms with Crippen molar-refractivity contribution >= 4 is 0 Å². The lowest BCUT2D eigenvalue weighted by Crippen LogP contribution is -2.16. The van der Waals surface area contributed by atoms with Crippen molar-refractivity contribution in [2.45, 2.75) is 142 Å². The Balaban J connectivity index is 2.95. The first kappa shape index (κ1) is 26.9. The van der Waals surface area contributed by atoms with Crippen molar-refractivity contribution in [3.8, 4) is 0 Å². The zero-order valence-corrected chi connectivity index (χ0v) is 18.9. The molecule has 0 aromatic carbocycles. The summed E-state index contributed by atoms with van der Waals surface area (Å²) in [6, 6.07) is 0. The second kappa shape index (κ2) is 25.9. The molecule has 0 fully saturated rings. The van der Waals surface area contributed by atoms with E-state index >= 15 is 0 Å². The Morgan fingerprint density at radius 1 is 0.407 bits per heavy atom. The first-order chi connectivity index (χ1) is 13.4. The van der Waals surface area contributed by atoms with Gasteiger partial charge in [-0.15, -0.1) is 0 Å². The van der Waals surface area contributed by atoms with Gasteiger partial charge in [-0.25, -0.2) is 0 Å². The first-order valence-corrected chi connectivity index (χ1v) is 12.7. The lowest BCUT2D eigenvalue weighted by Gasteiger charge is -2.05. The molecule has 2 heteroatoms. The van der Waals surface area contributed by atoms with Crippen LogP contribution >= 0.6 is 0 Å². The van der Waals surface area contributed by atoms with Crippen LogP contribution in [0.1, 0.15) is 142 Å². The van der Waals surface area contributed by atoms with E-state index in [-0.39, 0.29) is 0 Å². The predicted molar refractivity (Wildman–Crippen MR) is 123 cm³/mol. The molecule has 0 bridgehead atoms. The molecule has 0 aromatic rings. The SMILES string of the molecule is CCCCCCCCCCCCCCCCCCCCNCCCCCO. The van der Waals surface area contributed by atoms with Gasteiger partial charge in [-0.05, 0) is 38.8 Å². The molecular formula is C25H53NO. The highest BCUT2D eigenvalue weighted by Gasteiger charge is 1.95. The number of hydrogen-bond donors (Lipinski definition) is 2. The van der Waals surface area contributed by atoms with E-state index in [2.05, 4.69) is 12.2 Å². The first-order valence-electron chi connectivity index (χ1n) is 12.7. The maximum absolute atomic E-state index is 8.72. The van der Waals surface area contributed by atoms with Gasteiger partial charge in [-0.3, -0.25) is 0 Å². The third-order valence-electron chi connectivity index (χ3n) is 5.72. The molecule has 0 aromatic heterocycles. The van der Waals surface area contributed by atoms with Gasteiger partial charge in [-0.1, -0.05) is 116 Å². The van der Waals surface area contributed by atoms with Gasteiger partial charge in [0.25, 0.3) is 0 Å². The van der Waals surface area contributed by atoms with Crippen molar-refractivity contribution in [3.05, 3.63) is 0 Å². The third kappa shape index (κ3) is 25.9. The molecule has 164 valence electrons. The lowest BCUT2D eigenvalue weighted by atomic mass is 10.0. The molecule has 0 amide bonds. The van der Waals surface area contributed by atoms with Gasteiger partial charge in [0.1, 0.15) is 0 Å². The fraction of sp³-hybridized carbons (Fsp3) is 1.00. The average molecular weight is 384 g/mol. The Kier molecular flexibility index (Phi) is 25.8. The monoisotopic (exact) mass is 383 g/mol. The van der Waals surface area contributed by atoms with E-state index in [0.29, 0.717) is 6.61 Å². The zero-order chi connectivity index (χ0) is 19.7. The normalized spacial score (nSPS) is 11.3. The quantitative estimate of drug-likeness (QED) is 0.167. The van der Waals surface area contributed by atoms with E-state index in [0.717, 1.165) is 19.4 Å². The van der Waals surface area contributed by atoms with Gasteiger partial charge in [0.05, 0.1) is 0 Å². The Labute approximate surface area is 172 Å². The molecule has 2 N–H and O–H groups in total. The van der Waals surface area contributed by atoms with Crippen molar-refractivity contribution in [3.63, 3.8) is 0 Å². The summed E-state index contributed by atoms with van der Waals surface area (Å²) in [6.45, 7) is 4.94. The van der Waals surface area contributed by atoms with Crippen LogP contribution in [0.3, 0.4) is 0 Å². The highest BCUT2D eigenvalue weighted by Crippen LogP contribution is 2.14. The van der Waals surface area contributed by atoms with Crippen LogP contribution in [0.5, 0.6) is 0 Å². The number of hydrogen-bond acceptors (Lipinski definition) is 2. The van der Waals surface area contributed by atoms with Gasteiger partial charge >= 0.3 is 0 Å². The second-order valence-corrected chi connectivity index (χ2v) is 8.54. The number of aliphatic hydroxyl groups is 1. The Morgan fingerprint density at radius 2 is 0.704 bits per heavy atom. The molecule has 0 radical (unpaired) electrons. The predicted octanol–water partition coefficient (Wildman–Crippen LogP) is 7.78. The van der Waals surface area contributed by atoms with Gasteiger partial charge < -0.3 is 10.4 Å². The van der Waals surface area contributed by atoms with Crippen LogP contribution in [0.4, 0.5) is 0 Å². The molecule has 0 spiro atoms. The average Bonchev–Trinajstić information content (AvgIpc) is 2.68. The fourth-order valence-electron chi connectivity index (χ4n) is 3.82. The van der Waals surface area contributed by atoms with Crippen LogP contribution in [0.2, 0.25) is 0 Å². The fourth-order valence-corrected chi connectivity index (χ4v) is 3.82. The maximum Gasteiger partial charge on any atom is 0.0431 e. The van der Waals surface area contributed by atoms with Gasteiger partial charge in [0, 0.05) is 6.61 Å². The topological polar surface area (TPSA) is 32.3 Å². The van der Waals surface area contributed by atoms with Gasteiger partial charge in [-0.2, -0.15) is 0 Å². The summed E-state index contributed by atoms with van der Waals surface area (Å²) in [5.74, 6) is 0. The summed E-state index contributed by atoms with van der Waals surface area (Å²) in [5.41, 5.74) is 0. The minimum Gasteiger partial charge on any atom is -0.396 e. The smallest absolute Gasteiger partial charge is 0.0431 e. The minimum absolute atomic E-state index is 0.346. The standard InChI is InChI=1S/C25H53NO/c1-2-3-4-5-6-7-8-9-10-11-12-13-14-15-16-17-18-20-23-26-24-21-19-22-25-27/h26-27H,2-25H2,1H3. The highest BCUT2D eigenvalue weighted by atomic mass is 16.2. The van der Waals surface area contributed by atoms with E-state index in [1.807, 2.05) is 0 Å². The van der Waals surface area contributed by atoms with Crippen LogP contribution in [0.25, 0.3) is 0 Å². The number of rotatable bonds is 24. The molecule has 2 nitrogen and oxygen atoms in total. The van der Waals surface area contributed by atoms with Gasteiger partial charge in [0.2, 0.25) is 0 Å². The van der Waals surface area contributed by atoms with Crippen molar-refractivity contribution in [1.29, 1.82) is 0 Å². The summed E-state index contributed by atoms with van der Waals surface area (Å²) >= 11 is 0. The van der Waals surface area contributed by atoms with E-state index in [1.165, 1.54) is 129 Å². The number of aliphatic hydroxyl groups excluding tert-OH is 1. The Morgan fingerprint density at radius 3 is 1.04 bits per heavy atom. The molecule has 0 heterocycles.